The SMILES string of the molecule is CCC(C)(C)CC(C)OC(=O)C(C)N. The lowest BCUT2D eigenvalue weighted by Gasteiger charge is -2.26. The molecule has 3 nitrogen and oxygen atoms in total. The van der Waals surface area contributed by atoms with E-state index in [2.05, 4.69) is 20.8 Å². The van der Waals surface area contributed by atoms with Crippen LogP contribution in [-0.4, -0.2) is 18.1 Å². The van der Waals surface area contributed by atoms with Crippen molar-refractivity contribution in [1.29, 1.82) is 0 Å². The number of hydrogen-bond donors (Lipinski definition) is 1. The maximum absolute atomic E-state index is 11.2. The third-order valence-electron chi connectivity index (χ3n) is 2.49. The van der Waals surface area contributed by atoms with E-state index < -0.39 is 6.04 Å². The van der Waals surface area contributed by atoms with Gasteiger partial charge >= 0.3 is 5.97 Å². The molecule has 0 aliphatic rings. The lowest BCUT2D eigenvalue weighted by atomic mass is 9.84. The molecule has 0 aliphatic heterocycles. The molecule has 2 atom stereocenters. The summed E-state index contributed by atoms with van der Waals surface area (Å²) in [4.78, 5) is 11.2. The predicted molar refractivity (Wildman–Crippen MR) is 57.9 cm³/mol. The van der Waals surface area contributed by atoms with Crippen LogP contribution < -0.4 is 5.73 Å². The van der Waals surface area contributed by atoms with Crippen LogP contribution in [0.15, 0.2) is 0 Å². The summed E-state index contributed by atoms with van der Waals surface area (Å²) in [7, 11) is 0. The molecule has 0 fully saturated rings. The third-order valence-corrected chi connectivity index (χ3v) is 2.49. The molecule has 2 unspecified atom stereocenters. The molecule has 0 rings (SSSR count). The number of carbonyl (C=O) groups excluding carboxylic acids is 1. The van der Waals surface area contributed by atoms with Gasteiger partial charge in [0.1, 0.15) is 6.04 Å². The van der Waals surface area contributed by atoms with Gasteiger partial charge in [-0.3, -0.25) is 4.79 Å². The first kappa shape index (κ1) is 13.4. The fourth-order valence-corrected chi connectivity index (χ4v) is 1.27. The van der Waals surface area contributed by atoms with Crippen LogP contribution in [-0.2, 0) is 9.53 Å². The fraction of sp³-hybridized carbons (Fsp3) is 0.909. The molecule has 0 aromatic rings. The Morgan fingerprint density at radius 3 is 2.29 bits per heavy atom. The van der Waals surface area contributed by atoms with Crippen molar-refractivity contribution in [2.75, 3.05) is 0 Å². The summed E-state index contributed by atoms with van der Waals surface area (Å²) in [6, 6.07) is -0.526. The van der Waals surface area contributed by atoms with E-state index in [4.69, 9.17) is 10.5 Å². The Morgan fingerprint density at radius 1 is 1.43 bits per heavy atom. The summed E-state index contributed by atoms with van der Waals surface area (Å²) in [5, 5.41) is 0. The Hall–Kier alpha value is -0.570. The van der Waals surface area contributed by atoms with E-state index in [9.17, 15) is 4.79 Å². The molecule has 0 saturated carbocycles. The van der Waals surface area contributed by atoms with Crippen molar-refractivity contribution in [3.63, 3.8) is 0 Å². The van der Waals surface area contributed by atoms with Crippen molar-refractivity contribution < 1.29 is 9.53 Å². The topological polar surface area (TPSA) is 52.3 Å². The van der Waals surface area contributed by atoms with Crippen LogP contribution in [0.3, 0.4) is 0 Å². The minimum absolute atomic E-state index is 0.0524. The van der Waals surface area contributed by atoms with Crippen molar-refractivity contribution in [2.24, 2.45) is 11.1 Å². The lowest BCUT2D eigenvalue weighted by molar-refractivity contribution is -0.150. The van der Waals surface area contributed by atoms with Crippen molar-refractivity contribution in [2.45, 2.75) is 59.6 Å². The third kappa shape index (κ3) is 5.22. The molecule has 0 amide bonds. The maximum Gasteiger partial charge on any atom is 0.322 e. The molecular formula is C11H23NO2. The summed E-state index contributed by atoms with van der Waals surface area (Å²) >= 11 is 0. The molecule has 0 bridgehead atoms. The average molecular weight is 201 g/mol. The van der Waals surface area contributed by atoms with E-state index in [1.54, 1.807) is 6.92 Å². The standard InChI is InChI=1S/C11H23NO2/c1-6-11(4,5)7-8(2)14-10(13)9(3)12/h8-9H,6-7,12H2,1-5H3. The van der Waals surface area contributed by atoms with Crippen LogP contribution in [0.25, 0.3) is 0 Å². The second-order valence-electron chi connectivity index (χ2n) is 4.76. The number of hydrogen-bond acceptors (Lipinski definition) is 3. The van der Waals surface area contributed by atoms with Gasteiger partial charge in [-0.15, -0.1) is 0 Å². The molecular weight excluding hydrogens is 178 g/mol. The van der Waals surface area contributed by atoms with Crippen LogP contribution >= 0.6 is 0 Å². The highest BCUT2D eigenvalue weighted by molar-refractivity contribution is 5.75. The molecule has 84 valence electrons. The molecule has 0 aromatic carbocycles. The van der Waals surface area contributed by atoms with E-state index in [1.807, 2.05) is 6.92 Å². The average Bonchev–Trinajstić information content (AvgIpc) is 2.02. The van der Waals surface area contributed by atoms with E-state index in [0.29, 0.717) is 0 Å². The van der Waals surface area contributed by atoms with Gasteiger partial charge in [0.15, 0.2) is 0 Å². The van der Waals surface area contributed by atoms with Crippen molar-refractivity contribution in [3.8, 4) is 0 Å². The monoisotopic (exact) mass is 201 g/mol. The Balaban J connectivity index is 3.98. The number of nitrogens with two attached hydrogens (primary N) is 1. The number of rotatable bonds is 5. The molecule has 2 N–H and O–H groups in total. The minimum atomic E-state index is -0.526. The summed E-state index contributed by atoms with van der Waals surface area (Å²) in [6.07, 6.45) is 1.90. The van der Waals surface area contributed by atoms with Crippen molar-refractivity contribution >= 4 is 5.97 Å². The van der Waals surface area contributed by atoms with Gasteiger partial charge in [0.05, 0.1) is 6.10 Å². The highest BCUT2D eigenvalue weighted by Gasteiger charge is 2.22. The predicted octanol–water partition coefficient (Wildman–Crippen LogP) is 2.09. The van der Waals surface area contributed by atoms with Gasteiger partial charge in [-0.2, -0.15) is 0 Å². The maximum atomic E-state index is 11.2. The molecule has 0 aliphatic carbocycles. The van der Waals surface area contributed by atoms with Crippen LogP contribution in [0.5, 0.6) is 0 Å². The van der Waals surface area contributed by atoms with Gasteiger partial charge in [0.2, 0.25) is 0 Å². The van der Waals surface area contributed by atoms with E-state index >= 15 is 0 Å². The van der Waals surface area contributed by atoms with Crippen molar-refractivity contribution in [3.05, 3.63) is 0 Å². The molecule has 0 radical (unpaired) electrons. The summed E-state index contributed by atoms with van der Waals surface area (Å²) < 4.78 is 5.19. The lowest BCUT2D eigenvalue weighted by Crippen LogP contribution is -2.32. The fourth-order valence-electron chi connectivity index (χ4n) is 1.27. The highest BCUT2D eigenvalue weighted by atomic mass is 16.5. The van der Waals surface area contributed by atoms with E-state index in [0.717, 1.165) is 12.8 Å². The van der Waals surface area contributed by atoms with E-state index in [-0.39, 0.29) is 17.5 Å². The number of ether oxygens (including phenoxy) is 1. The van der Waals surface area contributed by atoms with Gasteiger partial charge in [-0.25, -0.2) is 0 Å². The summed E-state index contributed by atoms with van der Waals surface area (Å²) in [5.74, 6) is -0.315. The number of carbonyl (C=O) groups is 1. The molecule has 3 heteroatoms. The van der Waals surface area contributed by atoms with Crippen LogP contribution in [0.4, 0.5) is 0 Å². The van der Waals surface area contributed by atoms with Gasteiger partial charge in [-0.1, -0.05) is 27.2 Å². The van der Waals surface area contributed by atoms with Crippen LogP contribution in [0.2, 0.25) is 0 Å². The highest BCUT2D eigenvalue weighted by Crippen LogP contribution is 2.27. The first-order valence-corrected chi connectivity index (χ1v) is 5.24. The Morgan fingerprint density at radius 2 is 1.93 bits per heavy atom. The van der Waals surface area contributed by atoms with Crippen molar-refractivity contribution in [1.82, 2.24) is 0 Å². The Bertz CT molecular complexity index is 188. The van der Waals surface area contributed by atoms with Gasteiger partial charge in [-0.05, 0) is 25.7 Å². The van der Waals surface area contributed by atoms with Gasteiger partial charge in [0, 0.05) is 0 Å². The second kappa shape index (κ2) is 5.35. The first-order valence-electron chi connectivity index (χ1n) is 5.24. The normalized spacial score (nSPS) is 16.1. The first-order chi connectivity index (χ1) is 6.28. The zero-order valence-corrected chi connectivity index (χ0v) is 9.96. The quantitative estimate of drug-likeness (QED) is 0.693. The van der Waals surface area contributed by atoms with Gasteiger partial charge < -0.3 is 10.5 Å². The molecule has 0 heterocycles. The number of esters is 1. The molecule has 0 spiro atoms. The molecule has 0 saturated heterocycles. The van der Waals surface area contributed by atoms with Crippen LogP contribution in [0.1, 0.15) is 47.5 Å². The summed E-state index contributed by atoms with van der Waals surface area (Å²) in [6.45, 7) is 10.0. The minimum Gasteiger partial charge on any atom is -0.462 e. The Labute approximate surface area is 87.0 Å². The molecule has 0 aromatic heterocycles. The largest absolute Gasteiger partial charge is 0.462 e. The van der Waals surface area contributed by atoms with Gasteiger partial charge in [0.25, 0.3) is 0 Å². The zero-order valence-electron chi connectivity index (χ0n) is 9.96. The zero-order chi connectivity index (χ0) is 11.4. The summed E-state index contributed by atoms with van der Waals surface area (Å²) in [5.41, 5.74) is 5.63. The molecule has 14 heavy (non-hydrogen) atoms. The van der Waals surface area contributed by atoms with Crippen LogP contribution in [0, 0.1) is 5.41 Å². The second-order valence-corrected chi connectivity index (χ2v) is 4.76. The smallest absolute Gasteiger partial charge is 0.322 e. The van der Waals surface area contributed by atoms with E-state index in [1.165, 1.54) is 0 Å². The Kier molecular flexibility index (Phi) is 5.13.